The van der Waals surface area contributed by atoms with Gasteiger partial charge in [-0.3, -0.25) is 0 Å². The third-order valence-electron chi connectivity index (χ3n) is 4.33. The largest absolute Gasteiger partial charge is 0.399 e. The van der Waals surface area contributed by atoms with Crippen LogP contribution >= 0.6 is 0 Å². The minimum absolute atomic E-state index is 0.695. The first kappa shape index (κ1) is 9.54. The van der Waals surface area contributed by atoms with E-state index >= 15 is 0 Å². The molecular weight excluding hydrogens is 210 g/mol. The first-order valence-electron chi connectivity index (χ1n) is 6.58. The van der Waals surface area contributed by atoms with Gasteiger partial charge in [0.2, 0.25) is 0 Å². The number of nitrogens with two attached hydrogens (primary N) is 2. The van der Waals surface area contributed by atoms with E-state index in [1.807, 2.05) is 6.07 Å². The van der Waals surface area contributed by atoms with Gasteiger partial charge >= 0.3 is 0 Å². The summed E-state index contributed by atoms with van der Waals surface area (Å²) in [6, 6.07) is 7.09. The predicted octanol–water partition coefficient (Wildman–Crippen LogP) is 1.18. The van der Waals surface area contributed by atoms with Crippen molar-refractivity contribution in [3.8, 4) is 0 Å². The number of aryl methyl sites for hydroxylation is 1. The highest BCUT2D eigenvalue weighted by Crippen LogP contribution is 2.37. The van der Waals surface area contributed by atoms with Gasteiger partial charge in [0.25, 0.3) is 0 Å². The topological polar surface area (TPSA) is 47.6 Å². The van der Waals surface area contributed by atoms with Crippen molar-refractivity contribution >= 4 is 16.6 Å². The maximum Gasteiger partial charge on any atom is 0.127 e. The van der Waals surface area contributed by atoms with Gasteiger partial charge in [0.15, 0.2) is 0 Å². The number of nitrogen functional groups attached to an aromatic ring is 1. The van der Waals surface area contributed by atoms with Crippen LogP contribution in [0.1, 0.15) is 30.1 Å². The van der Waals surface area contributed by atoms with E-state index in [1.165, 1.54) is 36.7 Å². The maximum absolute atomic E-state index is 5.94. The average Bonchev–Trinajstić information content (AvgIpc) is 2.67. The Kier molecular flexibility index (Phi) is 1.83. The number of hydrogen-bond donors (Lipinski definition) is 2. The Morgan fingerprint density at radius 3 is 3.24 bits per heavy atom. The molecule has 4 rings (SSSR count). The second kappa shape index (κ2) is 3.26. The molecule has 0 fully saturated rings. The van der Waals surface area contributed by atoms with Crippen LogP contribution in [0.5, 0.6) is 0 Å². The summed E-state index contributed by atoms with van der Waals surface area (Å²) in [5.74, 6) is 0. The molecule has 3 nitrogen and oxygen atoms in total. The molecule has 0 radical (unpaired) electrons. The molecule has 0 saturated heterocycles. The van der Waals surface area contributed by atoms with Crippen molar-refractivity contribution in [3.63, 3.8) is 0 Å². The molecule has 88 valence electrons. The molecule has 1 aliphatic carbocycles. The van der Waals surface area contributed by atoms with E-state index in [-0.39, 0.29) is 0 Å². The normalized spacial score (nSPS) is 22.7. The summed E-state index contributed by atoms with van der Waals surface area (Å²) < 4.78 is 2.54. The highest BCUT2D eigenvalue weighted by molar-refractivity contribution is 5.88. The fourth-order valence-corrected chi connectivity index (χ4v) is 3.66. The zero-order chi connectivity index (χ0) is 11.4. The fraction of sp³-hybridized carbons (Fsp3) is 0.429. The van der Waals surface area contributed by atoms with Crippen molar-refractivity contribution in [2.45, 2.75) is 31.8 Å². The Morgan fingerprint density at radius 1 is 1.35 bits per heavy atom. The smallest absolute Gasteiger partial charge is 0.127 e. The van der Waals surface area contributed by atoms with E-state index < -0.39 is 0 Å². The molecule has 2 aliphatic rings. The molecular formula is C14H18N3+. The molecule has 0 spiro atoms. The second-order valence-electron chi connectivity index (χ2n) is 5.32. The number of nitrogens with zero attached hydrogens (tertiary/aromatic N) is 1. The van der Waals surface area contributed by atoms with Gasteiger partial charge in [-0.25, -0.2) is 0 Å². The van der Waals surface area contributed by atoms with Gasteiger partial charge < -0.3 is 15.6 Å². The van der Waals surface area contributed by atoms with E-state index in [0.717, 1.165) is 12.2 Å². The first-order valence-corrected chi connectivity index (χ1v) is 6.58. The average molecular weight is 228 g/mol. The van der Waals surface area contributed by atoms with E-state index in [9.17, 15) is 0 Å². The summed E-state index contributed by atoms with van der Waals surface area (Å²) in [4.78, 5) is 0. The molecule has 0 bridgehead atoms. The van der Waals surface area contributed by atoms with Crippen molar-refractivity contribution in [3.05, 3.63) is 29.5 Å². The first-order chi connectivity index (χ1) is 8.34. The molecule has 1 aromatic heterocycles. The van der Waals surface area contributed by atoms with Crippen LogP contribution in [0.3, 0.4) is 0 Å². The van der Waals surface area contributed by atoms with Crippen LogP contribution in [0.15, 0.2) is 18.2 Å². The van der Waals surface area contributed by atoms with Crippen LogP contribution in [-0.4, -0.2) is 11.1 Å². The van der Waals surface area contributed by atoms with Gasteiger partial charge in [0.1, 0.15) is 6.04 Å². The number of quaternary nitrogens is 1. The quantitative estimate of drug-likeness (QED) is 0.653. The SMILES string of the molecule is Nc1ccc2c(c1)c1c3n2CC[NH2+][C@H]3CCC1. The Morgan fingerprint density at radius 2 is 2.29 bits per heavy atom. The summed E-state index contributed by atoms with van der Waals surface area (Å²) in [6.45, 7) is 2.36. The summed E-state index contributed by atoms with van der Waals surface area (Å²) >= 11 is 0. The fourth-order valence-electron chi connectivity index (χ4n) is 3.66. The van der Waals surface area contributed by atoms with Crippen molar-refractivity contribution < 1.29 is 5.32 Å². The molecule has 2 heterocycles. The van der Waals surface area contributed by atoms with E-state index in [1.54, 1.807) is 11.3 Å². The van der Waals surface area contributed by atoms with Gasteiger partial charge in [-0.05, 0) is 36.6 Å². The molecule has 17 heavy (non-hydrogen) atoms. The molecule has 0 amide bonds. The van der Waals surface area contributed by atoms with Crippen LogP contribution in [0.4, 0.5) is 5.69 Å². The van der Waals surface area contributed by atoms with E-state index in [4.69, 9.17) is 5.73 Å². The summed E-state index contributed by atoms with van der Waals surface area (Å²) in [5, 5.41) is 3.92. The Labute approximate surface area is 101 Å². The minimum atomic E-state index is 0.695. The van der Waals surface area contributed by atoms with E-state index in [2.05, 4.69) is 22.0 Å². The molecule has 1 aliphatic heterocycles. The number of hydrogen-bond acceptors (Lipinski definition) is 1. The second-order valence-corrected chi connectivity index (χ2v) is 5.32. The van der Waals surface area contributed by atoms with Crippen molar-refractivity contribution in [2.24, 2.45) is 0 Å². The Bertz CT molecular complexity index is 595. The number of fused-ring (bicyclic) bond motifs is 3. The molecule has 2 aromatic rings. The standard InChI is InChI=1S/C14H17N3/c15-9-4-5-13-11(8-9)10-2-1-3-12-14(10)17(13)7-6-16-12/h4-5,8,12,16H,1-3,6-7,15H2/p+1/t12-/m0/s1. The maximum atomic E-state index is 5.94. The van der Waals surface area contributed by atoms with Crippen LogP contribution in [0, 0.1) is 0 Å². The molecule has 4 N–H and O–H groups in total. The van der Waals surface area contributed by atoms with Gasteiger partial charge in [-0.1, -0.05) is 0 Å². The zero-order valence-electron chi connectivity index (χ0n) is 9.95. The molecule has 3 heteroatoms. The van der Waals surface area contributed by atoms with Gasteiger partial charge in [0.05, 0.1) is 18.8 Å². The minimum Gasteiger partial charge on any atom is -0.399 e. The summed E-state index contributed by atoms with van der Waals surface area (Å²) in [5.41, 5.74) is 11.4. The van der Waals surface area contributed by atoms with Crippen LogP contribution in [0.2, 0.25) is 0 Å². The number of aromatic nitrogens is 1. The number of benzene rings is 1. The lowest BCUT2D eigenvalue weighted by Crippen LogP contribution is -2.88. The third kappa shape index (κ3) is 1.20. The van der Waals surface area contributed by atoms with Crippen molar-refractivity contribution in [2.75, 3.05) is 12.3 Å². The predicted molar refractivity (Wildman–Crippen MR) is 68.8 cm³/mol. The highest BCUT2D eigenvalue weighted by atomic mass is 15.1. The van der Waals surface area contributed by atoms with Crippen molar-refractivity contribution in [1.29, 1.82) is 0 Å². The summed E-state index contributed by atoms with van der Waals surface area (Å²) in [6.07, 6.45) is 3.88. The Hall–Kier alpha value is -1.48. The molecule has 1 atom stereocenters. The highest BCUT2D eigenvalue weighted by Gasteiger charge is 2.32. The van der Waals surface area contributed by atoms with Crippen LogP contribution in [0.25, 0.3) is 10.9 Å². The number of rotatable bonds is 0. The van der Waals surface area contributed by atoms with Crippen molar-refractivity contribution in [1.82, 2.24) is 4.57 Å². The molecule has 0 saturated carbocycles. The van der Waals surface area contributed by atoms with Crippen LogP contribution in [-0.2, 0) is 13.0 Å². The van der Waals surface area contributed by atoms with E-state index in [0.29, 0.717) is 6.04 Å². The summed E-state index contributed by atoms with van der Waals surface area (Å²) in [7, 11) is 0. The van der Waals surface area contributed by atoms with Gasteiger partial charge in [0, 0.05) is 23.0 Å². The van der Waals surface area contributed by atoms with Gasteiger partial charge in [-0.15, -0.1) is 0 Å². The van der Waals surface area contributed by atoms with Crippen LogP contribution < -0.4 is 11.1 Å². The lowest BCUT2D eigenvalue weighted by Gasteiger charge is -2.27. The zero-order valence-corrected chi connectivity index (χ0v) is 9.95. The number of anilines is 1. The molecule has 1 aromatic carbocycles. The molecule has 0 unspecified atom stereocenters. The Balaban J connectivity index is 2.11. The monoisotopic (exact) mass is 228 g/mol. The third-order valence-corrected chi connectivity index (χ3v) is 4.33. The lowest BCUT2D eigenvalue weighted by molar-refractivity contribution is -0.704. The van der Waals surface area contributed by atoms with Gasteiger partial charge in [-0.2, -0.15) is 0 Å². The lowest BCUT2D eigenvalue weighted by atomic mass is 9.91.